The van der Waals surface area contributed by atoms with Gasteiger partial charge in [0.1, 0.15) is 5.52 Å². The smallest absolute Gasteiger partial charge is 0.222 e. The molecule has 1 atom stereocenters. The van der Waals surface area contributed by atoms with Gasteiger partial charge in [-0.05, 0) is 32.8 Å². The van der Waals surface area contributed by atoms with E-state index in [1.165, 1.54) is 0 Å². The van der Waals surface area contributed by atoms with Gasteiger partial charge in [-0.1, -0.05) is 19.4 Å². The Bertz CT molecular complexity index is 743. The average molecular weight is 344 g/mol. The Balaban J connectivity index is 2.42. The van der Waals surface area contributed by atoms with Crippen molar-refractivity contribution >= 4 is 29.0 Å². The summed E-state index contributed by atoms with van der Waals surface area (Å²) in [5.41, 5.74) is 8.54. The molecule has 25 heavy (non-hydrogen) atoms. The number of nitrogens with one attached hydrogen (secondary N) is 1. The highest BCUT2D eigenvalue weighted by atomic mass is 16.3. The van der Waals surface area contributed by atoms with Gasteiger partial charge in [0.15, 0.2) is 5.82 Å². The zero-order valence-corrected chi connectivity index (χ0v) is 15.2. The van der Waals surface area contributed by atoms with Crippen molar-refractivity contribution in [3.63, 3.8) is 0 Å². The third-order valence-corrected chi connectivity index (χ3v) is 4.04. The molecule has 0 bridgehead atoms. The van der Waals surface area contributed by atoms with Crippen molar-refractivity contribution in [3.8, 4) is 0 Å². The molecule has 0 radical (unpaired) electrons. The van der Waals surface area contributed by atoms with E-state index in [9.17, 15) is 5.11 Å². The van der Waals surface area contributed by atoms with Crippen LogP contribution < -0.4 is 11.1 Å². The number of aliphatic imine (C=N–C) groups is 1. The average Bonchev–Trinajstić information content (AvgIpc) is 2.97. The van der Waals surface area contributed by atoms with Crippen LogP contribution in [0.25, 0.3) is 11.0 Å². The SMILES string of the molecule is C/C=N\C(=C/C)Cn1ccc2nc(N)nc(N[C@@H](CCC)CCO)c21. The molecule has 0 fully saturated rings. The quantitative estimate of drug-likeness (QED) is 0.607. The van der Waals surface area contributed by atoms with E-state index in [1.54, 1.807) is 6.21 Å². The van der Waals surface area contributed by atoms with Crippen molar-refractivity contribution in [2.45, 2.75) is 52.6 Å². The molecule has 2 aromatic heterocycles. The van der Waals surface area contributed by atoms with Crippen LogP contribution in [0, 0.1) is 0 Å². The lowest BCUT2D eigenvalue weighted by molar-refractivity contribution is 0.276. The van der Waals surface area contributed by atoms with Gasteiger partial charge in [-0.3, -0.25) is 4.99 Å². The fourth-order valence-corrected chi connectivity index (χ4v) is 2.89. The van der Waals surface area contributed by atoms with Crippen LogP contribution in [0.4, 0.5) is 11.8 Å². The lowest BCUT2D eigenvalue weighted by atomic mass is 10.1. The van der Waals surface area contributed by atoms with Crippen molar-refractivity contribution in [3.05, 3.63) is 24.0 Å². The predicted molar refractivity (Wildman–Crippen MR) is 104 cm³/mol. The molecule has 0 aromatic carbocycles. The summed E-state index contributed by atoms with van der Waals surface area (Å²) in [4.78, 5) is 13.1. The van der Waals surface area contributed by atoms with E-state index in [0.29, 0.717) is 18.8 Å². The number of aliphatic hydroxyl groups excluding tert-OH is 1. The highest BCUT2D eigenvalue weighted by Gasteiger charge is 2.15. The maximum Gasteiger partial charge on any atom is 0.222 e. The standard InChI is InChI=1S/C18H28N6O/c1-4-7-14(9-11-25)21-17-16-15(22-18(19)23-17)8-10-24(16)12-13(5-2)20-6-3/h5-6,8,10,14,25H,4,7,9,11-12H2,1-3H3,(H3,19,21,22,23)/b13-5-,20-6-/t14-/m0/s1. The van der Waals surface area contributed by atoms with Gasteiger partial charge in [0.05, 0.1) is 17.8 Å². The normalized spacial score (nSPS) is 13.7. The summed E-state index contributed by atoms with van der Waals surface area (Å²) < 4.78 is 2.07. The van der Waals surface area contributed by atoms with Crippen LogP contribution in [0.3, 0.4) is 0 Å². The molecule has 2 aromatic rings. The molecule has 0 spiro atoms. The molecule has 4 N–H and O–H groups in total. The largest absolute Gasteiger partial charge is 0.396 e. The summed E-state index contributed by atoms with van der Waals surface area (Å²) in [5.74, 6) is 0.945. The van der Waals surface area contributed by atoms with Crippen LogP contribution >= 0.6 is 0 Å². The highest BCUT2D eigenvalue weighted by Crippen LogP contribution is 2.25. The molecule has 2 heterocycles. The second-order valence-electron chi connectivity index (χ2n) is 5.92. The number of aromatic nitrogens is 3. The third-order valence-electron chi connectivity index (χ3n) is 4.04. The van der Waals surface area contributed by atoms with Gasteiger partial charge in [0.25, 0.3) is 0 Å². The molecule has 7 nitrogen and oxygen atoms in total. The molecule has 0 aliphatic carbocycles. The molecule has 0 aliphatic rings. The predicted octanol–water partition coefficient (Wildman–Crippen LogP) is 2.97. The summed E-state index contributed by atoms with van der Waals surface area (Å²) in [6.45, 7) is 6.76. The molecule has 0 unspecified atom stereocenters. The number of aliphatic hydroxyl groups is 1. The molecular weight excluding hydrogens is 316 g/mol. The molecular formula is C18H28N6O. The number of nitrogen functional groups attached to an aromatic ring is 1. The van der Waals surface area contributed by atoms with Crippen molar-refractivity contribution in [2.75, 3.05) is 17.7 Å². The molecule has 7 heteroatoms. The molecule has 0 amide bonds. The van der Waals surface area contributed by atoms with E-state index in [4.69, 9.17) is 5.73 Å². The summed E-state index contributed by atoms with van der Waals surface area (Å²) >= 11 is 0. The molecule has 0 saturated carbocycles. The lowest BCUT2D eigenvalue weighted by Gasteiger charge is -2.19. The van der Waals surface area contributed by atoms with E-state index in [-0.39, 0.29) is 18.6 Å². The number of anilines is 2. The van der Waals surface area contributed by atoms with Crippen molar-refractivity contribution in [2.24, 2.45) is 4.99 Å². The highest BCUT2D eigenvalue weighted by molar-refractivity contribution is 5.87. The molecule has 136 valence electrons. The first-order valence-electron chi connectivity index (χ1n) is 8.76. The monoisotopic (exact) mass is 344 g/mol. The van der Waals surface area contributed by atoms with Gasteiger partial charge in [0, 0.05) is 25.1 Å². The van der Waals surface area contributed by atoms with Crippen molar-refractivity contribution < 1.29 is 5.11 Å². The van der Waals surface area contributed by atoms with Crippen LogP contribution in [0.5, 0.6) is 0 Å². The zero-order valence-electron chi connectivity index (χ0n) is 15.2. The van der Waals surface area contributed by atoms with Gasteiger partial charge >= 0.3 is 0 Å². The number of hydrogen-bond acceptors (Lipinski definition) is 6. The van der Waals surface area contributed by atoms with E-state index >= 15 is 0 Å². The number of rotatable bonds is 9. The van der Waals surface area contributed by atoms with Crippen molar-refractivity contribution in [1.29, 1.82) is 0 Å². The molecule has 2 rings (SSSR count). The Labute approximate surface area is 148 Å². The summed E-state index contributed by atoms with van der Waals surface area (Å²) in [6.07, 6.45) is 8.39. The van der Waals surface area contributed by atoms with E-state index in [2.05, 4.69) is 31.8 Å². The second-order valence-corrected chi connectivity index (χ2v) is 5.92. The van der Waals surface area contributed by atoms with E-state index in [1.807, 2.05) is 32.2 Å². The first kappa shape index (κ1) is 18.9. The first-order valence-corrected chi connectivity index (χ1v) is 8.76. The zero-order chi connectivity index (χ0) is 18.2. The molecule has 0 aliphatic heterocycles. The van der Waals surface area contributed by atoms with Crippen molar-refractivity contribution in [1.82, 2.24) is 14.5 Å². The van der Waals surface area contributed by atoms with Crippen LogP contribution in [0.15, 0.2) is 29.0 Å². The Kier molecular flexibility index (Phi) is 6.94. The van der Waals surface area contributed by atoms with Gasteiger partial charge < -0.3 is 20.7 Å². The fourth-order valence-electron chi connectivity index (χ4n) is 2.89. The van der Waals surface area contributed by atoms with Gasteiger partial charge in [0.2, 0.25) is 5.95 Å². The van der Waals surface area contributed by atoms with Gasteiger partial charge in [-0.25, -0.2) is 4.98 Å². The van der Waals surface area contributed by atoms with E-state index in [0.717, 1.165) is 29.6 Å². The van der Waals surface area contributed by atoms with Gasteiger partial charge in [-0.15, -0.1) is 0 Å². The van der Waals surface area contributed by atoms with E-state index < -0.39 is 0 Å². The number of allylic oxidation sites excluding steroid dienone is 2. The first-order chi connectivity index (χ1) is 12.1. The number of nitrogens with zero attached hydrogens (tertiary/aromatic N) is 4. The maximum atomic E-state index is 9.31. The lowest BCUT2D eigenvalue weighted by Crippen LogP contribution is -2.22. The topological polar surface area (TPSA) is 101 Å². The maximum absolute atomic E-state index is 9.31. The molecule has 0 saturated heterocycles. The van der Waals surface area contributed by atoms with Crippen LogP contribution in [-0.4, -0.2) is 38.5 Å². The van der Waals surface area contributed by atoms with Crippen LogP contribution in [0.1, 0.15) is 40.0 Å². The Morgan fingerprint density at radius 2 is 2.20 bits per heavy atom. The Hall–Kier alpha value is -2.41. The van der Waals surface area contributed by atoms with Crippen LogP contribution in [0.2, 0.25) is 0 Å². The number of nitrogens with two attached hydrogens (primary N) is 1. The minimum Gasteiger partial charge on any atom is -0.396 e. The Morgan fingerprint density at radius 3 is 2.84 bits per heavy atom. The van der Waals surface area contributed by atoms with Gasteiger partial charge in [-0.2, -0.15) is 4.98 Å². The number of hydrogen-bond donors (Lipinski definition) is 3. The third kappa shape index (κ3) is 4.79. The Morgan fingerprint density at radius 1 is 1.40 bits per heavy atom. The number of fused-ring (bicyclic) bond motifs is 1. The summed E-state index contributed by atoms with van der Waals surface area (Å²) in [7, 11) is 0. The second kappa shape index (κ2) is 9.17. The summed E-state index contributed by atoms with van der Waals surface area (Å²) in [5, 5.41) is 12.8. The minimum absolute atomic E-state index is 0.135. The fraction of sp³-hybridized carbons (Fsp3) is 0.500. The van der Waals surface area contributed by atoms with Crippen LogP contribution in [-0.2, 0) is 6.54 Å². The summed E-state index contributed by atoms with van der Waals surface area (Å²) in [6, 6.07) is 2.08. The minimum atomic E-state index is 0.135.